The summed E-state index contributed by atoms with van der Waals surface area (Å²) in [4.78, 5) is 55.5. The van der Waals surface area contributed by atoms with E-state index in [1.54, 1.807) is 36.4 Å². The van der Waals surface area contributed by atoms with Crippen LogP contribution in [0.25, 0.3) is 0 Å². The maximum atomic E-state index is 12.6. The molecule has 0 heterocycles. The van der Waals surface area contributed by atoms with Crippen LogP contribution in [0, 0.1) is 0 Å². The predicted octanol–water partition coefficient (Wildman–Crippen LogP) is 5.44. The minimum absolute atomic E-state index is 0.0194. The van der Waals surface area contributed by atoms with Crippen molar-refractivity contribution in [1.82, 2.24) is 15.1 Å². The van der Waals surface area contributed by atoms with Gasteiger partial charge >= 0.3 is 15.2 Å². The van der Waals surface area contributed by atoms with Crippen molar-refractivity contribution < 1.29 is 43.7 Å². The number of para-hydroxylation sites is 2. The molecule has 2 aromatic rings. The lowest BCUT2D eigenvalue weighted by Crippen LogP contribution is -2.44. The maximum Gasteiger partial charge on any atom is 0.339 e. The van der Waals surface area contributed by atoms with Crippen LogP contribution in [0.3, 0.4) is 0 Å². The van der Waals surface area contributed by atoms with Crippen molar-refractivity contribution in [3.63, 3.8) is 0 Å². The molecular weight excluding hydrogens is 680 g/mol. The van der Waals surface area contributed by atoms with E-state index < -0.39 is 33.8 Å². The fourth-order valence-corrected chi connectivity index (χ4v) is 6.87. The van der Waals surface area contributed by atoms with Gasteiger partial charge in [0, 0.05) is 49.8 Å². The lowest BCUT2D eigenvalue weighted by atomic mass is 10.1. The number of hydrogen-bond acceptors (Lipinski definition) is 7. The van der Waals surface area contributed by atoms with Gasteiger partial charge in [0.15, 0.2) is 0 Å². The lowest BCUT2D eigenvalue weighted by Gasteiger charge is -2.36. The van der Waals surface area contributed by atoms with E-state index in [1.165, 1.54) is 21.9 Å². The maximum absolute atomic E-state index is 12.6. The van der Waals surface area contributed by atoms with Gasteiger partial charge < -0.3 is 35.1 Å². The quantitative estimate of drug-likeness (QED) is 0.0765. The number of unbranched alkanes of at least 4 members (excludes halogenated alkanes) is 1. The largest absolute Gasteiger partial charge is 0.508 e. The molecule has 0 saturated carbocycles. The van der Waals surface area contributed by atoms with Gasteiger partial charge in [-0.1, -0.05) is 110 Å². The summed E-state index contributed by atoms with van der Waals surface area (Å²) in [5.74, 6) is -0.282. The number of rotatable bonds is 18. The summed E-state index contributed by atoms with van der Waals surface area (Å²) in [6.07, 6.45) is 21.1. The molecule has 50 heavy (non-hydrogen) atoms. The Balaban J connectivity index is 1.74. The third-order valence-corrected chi connectivity index (χ3v) is 9.15. The Labute approximate surface area is 293 Å². The molecule has 14 heteroatoms. The number of allylic oxidation sites excluding steroid dienone is 11. The van der Waals surface area contributed by atoms with Crippen LogP contribution < -0.4 is 5.32 Å². The number of aromatic hydroxyl groups is 2. The van der Waals surface area contributed by atoms with Crippen LogP contribution in [0.2, 0.25) is 0 Å². The van der Waals surface area contributed by atoms with E-state index >= 15 is 0 Å². The highest BCUT2D eigenvalue weighted by molar-refractivity contribution is 7.51. The van der Waals surface area contributed by atoms with Crippen molar-refractivity contribution in [3.8, 4) is 11.5 Å². The summed E-state index contributed by atoms with van der Waals surface area (Å²) in [7, 11) is -9.21. The number of carbonyl (C=O) groups is 1. The van der Waals surface area contributed by atoms with E-state index in [0.29, 0.717) is 36.9 Å². The van der Waals surface area contributed by atoms with Crippen LogP contribution in [-0.4, -0.2) is 77.2 Å². The van der Waals surface area contributed by atoms with Crippen molar-refractivity contribution in [1.29, 1.82) is 0 Å². The van der Waals surface area contributed by atoms with Gasteiger partial charge in [-0.25, -0.2) is 0 Å². The first-order valence-electron chi connectivity index (χ1n) is 16.2. The van der Waals surface area contributed by atoms with Gasteiger partial charge in [-0.3, -0.25) is 23.7 Å². The number of phenols is 2. The summed E-state index contributed by atoms with van der Waals surface area (Å²) in [6.45, 7) is 0.251. The number of nitrogens with one attached hydrogen (secondary N) is 1. The highest BCUT2D eigenvalue weighted by Crippen LogP contribution is 2.39. The van der Waals surface area contributed by atoms with Gasteiger partial charge in [0.25, 0.3) is 0 Å². The molecule has 1 aliphatic rings. The molecule has 1 unspecified atom stereocenters. The second kappa shape index (κ2) is 20.7. The molecule has 2 aromatic carbocycles. The number of benzene rings is 2. The first-order chi connectivity index (χ1) is 23.8. The zero-order valence-corrected chi connectivity index (χ0v) is 29.6. The fraction of sp³-hybridized carbons (Fsp3) is 0.306. The Morgan fingerprint density at radius 3 is 1.78 bits per heavy atom. The standard InChI is InChI=1S/C36H47N3O9P2/c40-34-20-11-9-17-31(34)25-38(28-49(43,44)45)27-33(39(29-50(46,47)48)26-32-18-10-12-21-35(32)41)19-13-14-24-37-36(42)23-22-30-15-7-5-3-1-2-4-6-8-16-30/h1-12,15-18,20-22,33,40-41H,13-14,19,23-29H2,(H,37,42)(H2,43,44,45)(H2,46,47,48)/b2-1-,5-3-,6-4-,15-7-,16-8?,30-22?. The highest BCUT2D eigenvalue weighted by atomic mass is 31.2. The zero-order valence-electron chi connectivity index (χ0n) is 27.8. The molecule has 1 aliphatic carbocycles. The number of phenolic OH excluding ortho intramolecular Hbond substituents is 2. The van der Waals surface area contributed by atoms with Crippen molar-refractivity contribution in [3.05, 3.63) is 132 Å². The molecule has 0 radical (unpaired) electrons. The number of amides is 1. The first kappa shape index (κ1) is 40.6. The molecule has 0 aromatic heterocycles. The van der Waals surface area contributed by atoms with Crippen LogP contribution in [0.1, 0.15) is 36.8 Å². The lowest BCUT2D eigenvalue weighted by molar-refractivity contribution is -0.120. The zero-order chi connectivity index (χ0) is 36.4. The number of nitrogens with zero attached hydrogens (tertiary/aromatic N) is 2. The average molecular weight is 728 g/mol. The Morgan fingerprint density at radius 2 is 1.24 bits per heavy atom. The fourth-order valence-electron chi connectivity index (χ4n) is 5.33. The van der Waals surface area contributed by atoms with Gasteiger partial charge in [0.2, 0.25) is 5.91 Å². The summed E-state index contributed by atoms with van der Waals surface area (Å²) in [5.41, 5.74) is 1.72. The van der Waals surface area contributed by atoms with E-state index in [2.05, 4.69) is 5.32 Å². The second-order valence-electron chi connectivity index (χ2n) is 11.9. The molecule has 7 N–H and O–H groups in total. The molecule has 0 aliphatic heterocycles. The molecule has 1 amide bonds. The molecule has 12 nitrogen and oxygen atoms in total. The van der Waals surface area contributed by atoms with Crippen molar-refractivity contribution >= 4 is 21.1 Å². The monoisotopic (exact) mass is 727 g/mol. The Kier molecular flexibility index (Phi) is 16.8. The van der Waals surface area contributed by atoms with Crippen molar-refractivity contribution in [2.24, 2.45) is 0 Å². The minimum Gasteiger partial charge on any atom is -0.508 e. The molecule has 0 spiro atoms. The normalized spacial score (nSPS) is 17.7. The van der Waals surface area contributed by atoms with Crippen LogP contribution in [-0.2, 0) is 27.0 Å². The molecular formula is C36H47N3O9P2. The minimum atomic E-state index is -4.63. The molecule has 0 saturated heterocycles. The van der Waals surface area contributed by atoms with Gasteiger partial charge in [-0.2, -0.15) is 0 Å². The van der Waals surface area contributed by atoms with Gasteiger partial charge in [-0.05, 0) is 30.5 Å². The highest BCUT2D eigenvalue weighted by Gasteiger charge is 2.30. The predicted molar refractivity (Wildman–Crippen MR) is 195 cm³/mol. The van der Waals surface area contributed by atoms with E-state index in [9.17, 15) is 43.7 Å². The number of hydrogen-bond donors (Lipinski definition) is 7. The van der Waals surface area contributed by atoms with E-state index in [-0.39, 0.29) is 43.5 Å². The SMILES string of the molecule is O=C(CC=C1C=C\C=C/C=C\C=C/C=C\1)NCCCCC(CN(Cc1ccccc1O)CP(=O)(O)O)N(Cc1ccccc1O)CP(=O)(O)O. The summed E-state index contributed by atoms with van der Waals surface area (Å²) in [5, 5.41) is 23.7. The molecule has 270 valence electrons. The molecule has 3 rings (SSSR count). The topological polar surface area (TPSA) is 191 Å². The van der Waals surface area contributed by atoms with Gasteiger partial charge in [-0.15, -0.1) is 0 Å². The third-order valence-electron chi connectivity index (χ3n) is 7.65. The van der Waals surface area contributed by atoms with E-state index in [1.807, 2.05) is 66.8 Å². The summed E-state index contributed by atoms with van der Waals surface area (Å²) >= 11 is 0. The first-order valence-corrected chi connectivity index (χ1v) is 19.8. The molecule has 0 fully saturated rings. The van der Waals surface area contributed by atoms with Crippen LogP contribution in [0.5, 0.6) is 11.5 Å². The van der Waals surface area contributed by atoms with Gasteiger partial charge in [0.05, 0.1) is 0 Å². The Morgan fingerprint density at radius 1 is 0.720 bits per heavy atom. The van der Waals surface area contributed by atoms with Crippen LogP contribution in [0.4, 0.5) is 0 Å². The Hall–Kier alpha value is -3.83. The van der Waals surface area contributed by atoms with Crippen LogP contribution >= 0.6 is 15.2 Å². The average Bonchev–Trinajstić information content (AvgIpc) is 3.09. The number of carbonyl (C=O) groups excluding carboxylic acids is 1. The molecule has 1 atom stereocenters. The van der Waals surface area contributed by atoms with Crippen LogP contribution in [0.15, 0.2) is 121 Å². The second-order valence-corrected chi connectivity index (χ2v) is 15.1. The molecule has 0 bridgehead atoms. The summed E-state index contributed by atoms with van der Waals surface area (Å²) in [6, 6.07) is 12.2. The van der Waals surface area contributed by atoms with Crippen molar-refractivity contribution in [2.75, 3.05) is 25.7 Å². The third kappa shape index (κ3) is 16.7. The van der Waals surface area contributed by atoms with Gasteiger partial charge in [0.1, 0.15) is 24.1 Å². The Bertz CT molecular complexity index is 1650. The smallest absolute Gasteiger partial charge is 0.339 e. The van der Waals surface area contributed by atoms with Crippen molar-refractivity contribution in [2.45, 2.75) is 44.8 Å². The summed E-state index contributed by atoms with van der Waals surface area (Å²) < 4.78 is 24.5. The van der Waals surface area contributed by atoms with E-state index in [0.717, 1.165) is 5.57 Å². The van der Waals surface area contributed by atoms with E-state index in [4.69, 9.17) is 0 Å².